The molecule has 3 aliphatic rings. The van der Waals surface area contributed by atoms with E-state index in [1.54, 1.807) is 48.5 Å². The number of carbonyl (C=O) groups excluding carboxylic acids is 3. The highest BCUT2D eigenvalue weighted by Crippen LogP contribution is 2.56. The number of carbonyl (C=O) groups is 3. The maximum absolute atomic E-state index is 12.9. The third-order valence-electron chi connectivity index (χ3n) is 6.40. The summed E-state index contributed by atoms with van der Waals surface area (Å²) in [4.78, 5) is 39.6. The Bertz CT molecular complexity index is 960. The largest absolute Gasteiger partial charge is 0.322 e. The van der Waals surface area contributed by atoms with Crippen LogP contribution in [0.3, 0.4) is 0 Å². The summed E-state index contributed by atoms with van der Waals surface area (Å²) < 4.78 is 0. The van der Waals surface area contributed by atoms with E-state index in [0.29, 0.717) is 33.8 Å². The van der Waals surface area contributed by atoms with Gasteiger partial charge < -0.3 is 5.32 Å². The van der Waals surface area contributed by atoms with Gasteiger partial charge in [-0.25, -0.2) is 0 Å². The predicted octanol–water partition coefficient (Wildman–Crippen LogP) is 4.13. The molecule has 0 unspecified atom stereocenters. The number of anilines is 2. The van der Waals surface area contributed by atoms with Crippen LogP contribution in [-0.4, -0.2) is 17.7 Å². The van der Waals surface area contributed by atoms with Gasteiger partial charge in [-0.1, -0.05) is 17.7 Å². The first-order valence-electron chi connectivity index (χ1n) is 9.58. The van der Waals surface area contributed by atoms with E-state index in [4.69, 9.17) is 11.6 Å². The van der Waals surface area contributed by atoms with Crippen molar-refractivity contribution < 1.29 is 14.4 Å². The molecule has 1 N–H and O–H groups in total. The molecule has 0 radical (unpaired) electrons. The summed E-state index contributed by atoms with van der Waals surface area (Å²) in [5.41, 5.74) is 1.60. The molecule has 142 valence electrons. The molecule has 0 aromatic heterocycles. The zero-order valence-corrected chi connectivity index (χ0v) is 15.9. The van der Waals surface area contributed by atoms with Crippen molar-refractivity contribution in [2.24, 2.45) is 23.7 Å². The van der Waals surface area contributed by atoms with E-state index in [2.05, 4.69) is 5.32 Å². The first kappa shape index (κ1) is 17.4. The fourth-order valence-electron chi connectivity index (χ4n) is 5.19. The third-order valence-corrected chi connectivity index (χ3v) is 6.63. The summed E-state index contributed by atoms with van der Waals surface area (Å²) in [6.45, 7) is 0. The lowest BCUT2D eigenvalue weighted by Crippen LogP contribution is -2.32. The van der Waals surface area contributed by atoms with Gasteiger partial charge in [-0.2, -0.15) is 0 Å². The number of rotatable bonds is 3. The average molecular weight is 395 g/mol. The first-order chi connectivity index (χ1) is 13.5. The molecule has 2 saturated carbocycles. The molecule has 2 aliphatic carbocycles. The number of hydrogen-bond donors (Lipinski definition) is 1. The Hall–Kier alpha value is -2.66. The molecule has 4 atom stereocenters. The zero-order chi connectivity index (χ0) is 19.4. The zero-order valence-electron chi connectivity index (χ0n) is 15.1. The Labute approximate surface area is 167 Å². The maximum atomic E-state index is 12.9. The van der Waals surface area contributed by atoms with Crippen molar-refractivity contribution in [3.05, 3.63) is 59.1 Å². The average Bonchev–Trinajstić information content (AvgIpc) is 3.36. The molecule has 5 nitrogen and oxygen atoms in total. The van der Waals surface area contributed by atoms with Crippen LogP contribution >= 0.6 is 11.6 Å². The predicted molar refractivity (Wildman–Crippen MR) is 106 cm³/mol. The molecule has 28 heavy (non-hydrogen) atoms. The van der Waals surface area contributed by atoms with E-state index in [1.165, 1.54) is 4.90 Å². The molecule has 3 amide bonds. The Morgan fingerprint density at radius 3 is 2.21 bits per heavy atom. The number of benzene rings is 2. The number of amides is 3. The minimum atomic E-state index is -0.275. The molecule has 2 bridgehead atoms. The fraction of sp³-hybridized carbons (Fsp3) is 0.318. The summed E-state index contributed by atoms with van der Waals surface area (Å²) in [6.07, 6.45) is 3.13. The summed E-state index contributed by atoms with van der Waals surface area (Å²) in [5, 5.41) is 3.33. The molecule has 2 aromatic carbocycles. The first-order valence-corrected chi connectivity index (χ1v) is 9.95. The Kier molecular flexibility index (Phi) is 4.02. The SMILES string of the molecule is O=C(Nc1cccc(Cl)c1)c1ccc(N2C(=O)[C@@H]3[C@H]4CC[C@@H](C4)[C@@H]3C2=O)cc1. The number of imide groups is 1. The highest BCUT2D eigenvalue weighted by atomic mass is 35.5. The van der Waals surface area contributed by atoms with E-state index >= 15 is 0 Å². The summed E-state index contributed by atoms with van der Waals surface area (Å²) in [7, 11) is 0. The summed E-state index contributed by atoms with van der Waals surface area (Å²) in [5.74, 6) is 0.0203. The van der Waals surface area contributed by atoms with Crippen molar-refractivity contribution in [3.63, 3.8) is 0 Å². The Morgan fingerprint density at radius 2 is 1.61 bits per heavy atom. The number of nitrogens with one attached hydrogen (secondary N) is 1. The minimum absolute atomic E-state index is 0.0710. The van der Waals surface area contributed by atoms with Crippen molar-refractivity contribution in [1.82, 2.24) is 0 Å². The van der Waals surface area contributed by atoms with Gasteiger partial charge in [0.1, 0.15) is 0 Å². The van der Waals surface area contributed by atoms with Crippen LogP contribution in [0, 0.1) is 23.7 Å². The standard InChI is InChI=1S/C22H19ClN2O3/c23-15-2-1-3-16(11-15)24-20(26)12-6-8-17(9-7-12)25-21(27)18-13-4-5-14(10-13)19(18)22(25)28/h1-3,6-9,11,13-14,18-19H,4-5,10H2,(H,24,26)/t13-,14-,18-,19+/m0/s1. The normalized spacial score (nSPS) is 28.0. The monoisotopic (exact) mass is 394 g/mol. The highest BCUT2D eigenvalue weighted by Gasteiger charge is 2.61. The van der Waals surface area contributed by atoms with Crippen molar-refractivity contribution in [1.29, 1.82) is 0 Å². The number of halogens is 1. The lowest BCUT2D eigenvalue weighted by atomic mass is 9.81. The molecule has 0 spiro atoms. The Balaban J connectivity index is 1.35. The van der Waals surface area contributed by atoms with Crippen molar-refractivity contribution in [2.75, 3.05) is 10.2 Å². The van der Waals surface area contributed by atoms with E-state index in [-0.39, 0.29) is 29.6 Å². The second-order valence-electron chi connectivity index (χ2n) is 7.91. The van der Waals surface area contributed by atoms with Crippen LogP contribution in [0.1, 0.15) is 29.6 Å². The van der Waals surface area contributed by atoms with Crippen LogP contribution in [-0.2, 0) is 9.59 Å². The summed E-state index contributed by atoms with van der Waals surface area (Å²) in [6, 6.07) is 13.5. The molecule has 2 aromatic rings. The molecule has 6 heteroatoms. The van der Waals surface area contributed by atoms with Gasteiger partial charge in [-0.05, 0) is 73.6 Å². The topological polar surface area (TPSA) is 66.5 Å². The fourth-order valence-corrected chi connectivity index (χ4v) is 5.38. The Morgan fingerprint density at radius 1 is 0.964 bits per heavy atom. The smallest absolute Gasteiger partial charge is 0.255 e. The van der Waals surface area contributed by atoms with Gasteiger partial charge in [0, 0.05) is 16.3 Å². The van der Waals surface area contributed by atoms with E-state index < -0.39 is 0 Å². The quantitative estimate of drug-likeness (QED) is 0.796. The van der Waals surface area contributed by atoms with Gasteiger partial charge in [0.2, 0.25) is 11.8 Å². The number of nitrogens with zero attached hydrogens (tertiary/aromatic N) is 1. The van der Waals surface area contributed by atoms with Gasteiger partial charge in [0.25, 0.3) is 5.91 Å². The van der Waals surface area contributed by atoms with E-state index in [1.807, 2.05) is 0 Å². The van der Waals surface area contributed by atoms with Crippen molar-refractivity contribution >= 4 is 40.7 Å². The van der Waals surface area contributed by atoms with E-state index in [0.717, 1.165) is 19.3 Å². The van der Waals surface area contributed by atoms with Crippen LogP contribution in [0.25, 0.3) is 0 Å². The molecule has 3 fully saturated rings. The van der Waals surface area contributed by atoms with Crippen LogP contribution in [0.15, 0.2) is 48.5 Å². The molecular weight excluding hydrogens is 376 g/mol. The van der Waals surface area contributed by atoms with Crippen LogP contribution < -0.4 is 10.2 Å². The third kappa shape index (κ3) is 2.65. The maximum Gasteiger partial charge on any atom is 0.255 e. The van der Waals surface area contributed by atoms with Gasteiger partial charge >= 0.3 is 0 Å². The lowest BCUT2D eigenvalue weighted by Gasteiger charge is -2.19. The van der Waals surface area contributed by atoms with Gasteiger partial charge in [-0.3, -0.25) is 19.3 Å². The summed E-state index contributed by atoms with van der Waals surface area (Å²) >= 11 is 5.94. The minimum Gasteiger partial charge on any atom is -0.322 e. The van der Waals surface area contributed by atoms with Gasteiger partial charge in [0.05, 0.1) is 17.5 Å². The molecular formula is C22H19ClN2O3. The number of hydrogen-bond acceptors (Lipinski definition) is 3. The van der Waals surface area contributed by atoms with Gasteiger partial charge in [0.15, 0.2) is 0 Å². The molecule has 1 saturated heterocycles. The van der Waals surface area contributed by atoms with Crippen LogP contribution in [0.2, 0.25) is 5.02 Å². The van der Waals surface area contributed by atoms with E-state index in [9.17, 15) is 14.4 Å². The van der Waals surface area contributed by atoms with Crippen LogP contribution in [0.4, 0.5) is 11.4 Å². The number of fused-ring (bicyclic) bond motifs is 5. The molecule has 5 rings (SSSR count). The lowest BCUT2D eigenvalue weighted by molar-refractivity contribution is -0.123. The van der Waals surface area contributed by atoms with Crippen molar-refractivity contribution in [2.45, 2.75) is 19.3 Å². The second kappa shape index (κ2) is 6.45. The van der Waals surface area contributed by atoms with Crippen molar-refractivity contribution in [3.8, 4) is 0 Å². The second-order valence-corrected chi connectivity index (χ2v) is 8.34. The van der Waals surface area contributed by atoms with Crippen LogP contribution in [0.5, 0.6) is 0 Å². The highest BCUT2D eigenvalue weighted by molar-refractivity contribution is 6.31. The van der Waals surface area contributed by atoms with Gasteiger partial charge in [-0.15, -0.1) is 0 Å². The molecule has 1 heterocycles. The molecule has 1 aliphatic heterocycles.